The van der Waals surface area contributed by atoms with Gasteiger partial charge in [-0.3, -0.25) is 0 Å². The van der Waals surface area contributed by atoms with Crippen molar-refractivity contribution < 1.29 is 17.9 Å². The number of ether oxygens (including phenoxy) is 2. The van der Waals surface area contributed by atoms with Gasteiger partial charge in [-0.15, -0.1) is 0 Å². The van der Waals surface area contributed by atoms with Crippen LogP contribution in [0.4, 0.5) is 0 Å². The molecular formula is C18H22N2O4S. The van der Waals surface area contributed by atoms with Crippen molar-refractivity contribution in [1.29, 1.82) is 0 Å². The maximum Gasteiger partial charge on any atom is 0.276 e. The number of aryl methyl sites for hydroxylation is 2. The van der Waals surface area contributed by atoms with E-state index in [0.717, 1.165) is 5.56 Å². The summed E-state index contributed by atoms with van der Waals surface area (Å²) in [5, 5.41) is 3.84. The Morgan fingerprint density at radius 1 is 1.12 bits per heavy atom. The lowest BCUT2D eigenvalue weighted by molar-refractivity contribution is 0.311. The number of hydrazone groups is 1. The number of nitrogens with one attached hydrogen (secondary N) is 1. The van der Waals surface area contributed by atoms with Crippen molar-refractivity contribution in [2.24, 2.45) is 5.10 Å². The van der Waals surface area contributed by atoms with Gasteiger partial charge in [-0.1, -0.05) is 17.7 Å². The third-order valence-corrected chi connectivity index (χ3v) is 4.88. The van der Waals surface area contributed by atoms with Crippen LogP contribution in [0.15, 0.2) is 46.4 Å². The molecule has 0 saturated heterocycles. The first-order valence-electron chi connectivity index (χ1n) is 7.80. The van der Waals surface area contributed by atoms with E-state index in [4.69, 9.17) is 9.47 Å². The molecule has 2 aromatic carbocycles. The highest BCUT2D eigenvalue weighted by Gasteiger charge is 2.15. The molecule has 2 rings (SSSR count). The van der Waals surface area contributed by atoms with Gasteiger partial charge in [0.1, 0.15) is 0 Å². The molecule has 25 heavy (non-hydrogen) atoms. The van der Waals surface area contributed by atoms with Crippen molar-refractivity contribution in [2.45, 2.75) is 25.7 Å². The predicted molar refractivity (Wildman–Crippen MR) is 98.0 cm³/mol. The summed E-state index contributed by atoms with van der Waals surface area (Å²) >= 11 is 0. The Kier molecular flexibility index (Phi) is 6.03. The van der Waals surface area contributed by atoms with Crippen LogP contribution < -0.4 is 14.3 Å². The maximum absolute atomic E-state index is 12.3. The number of benzene rings is 2. The summed E-state index contributed by atoms with van der Waals surface area (Å²) in [5.74, 6) is 1.18. The first-order chi connectivity index (χ1) is 11.9. The van der Waals surface area contributed by atoms with Gasteiger partial charge in [-0.2, -0.15) is 13.5 Å². The quantitative estimate of drug-likeness (QED) is 0.607. The fourth-order valence-corrected chi connectivity index (χ4v) is 3.38. The highest BCUT2D eigenvalue weighted by atomic mass is 32.2. The molecule has 7 heteroatoms. The molecule has 0 aliphatic carbocycles. The summed E-state index contributed by atoms with van der Waals surface area (Å²) in [7, 11) is -2.17. The van der Waals surface area contributed by atoms with Gasteiger partial charge in [-0.25, -0.2) is 4.83 Å². The average Bonchev–Trinajstić information content (AvgIpc) is 2.55. The van der Waals surface area contributed by atoms with Crippen molar-refractivity contribution in [3.05, 3.63) is 53.1 Å². The lowest BCUT2D eigenvalue weighted by Crippen LogP contribution is -2.19. The molecular weight excluding hydrogens is 340 g/mol. The molecule has 6 nitrogen and oxygen atoms in total. The van der Waals surface area contributed by atoms with Gasteiger partial charge in [0.05, 0.1) is 24.8 Å². The second-order valence-corrected chi connectivity index (χ2v) is 7.09. The molecule has 0 bridgehead atoms. The Balaban J connectivity index is 2.17. The third kappa shape index (κ3) is 4.73. The molecule has 0 spiro atoms. The predicted octanol–water partition coefficient (Wildman–Crippen LogP) is 3.02. The van der Waals surface area contributed by atoms with E-state index in [1.807, 2.05) is 19.9 Å². The van der Waals surface area contributed by atoms with Crippen LogP contribution in [0.1, 0.15) is 23.6 Å². The standard InChI is InChI=1S/C18H22N2O4S/c1-5-24-16-8-7-15(11-17(16)23-4)12-19-20-25(21,22)18-9-6-13(2)10-14(18)3/h6-12,20H,5H2,1-4H3/b19-12+. The fourth-order valence-electron chi connectivity index (χ4n) is 2.36. The summed E-state index contributed by atoms with van der Waals surface area (Å²) in [5.41, 5.74) is 2.36. The molecule has 134 valence electrons. The van der Waals surface area contributed by atoms with Crippen LogP contribution >= 0.6 is 0 Å². The zero-order chi connectivity index (χ0) is 18.4. The van der Waals surface area contributed by atoms with E-state index in [1.54, 1.807) is 44.4 Å². The summed E-state index contributed by atoms with van der Waals surface area (Å²) < 4.78 is 35.4. The van der Waals surface area contributed by atoms with E-state index in [-0.39, 0.29) is 4.90 Å². The highest BCUT2D eigenvalue weighted by Crippen LogP contribution is 2.27. The van der Waals surface area contributed by atoms with E-state index < -0.39 is 10.0 Å². The molecule has 2 aromatic rings. The largest absolute Gasteiger partial charge is 0.493 e. The number of nitrogens with zero attached hydrogens (tertiary/aromatic N) is 1. The summed E-state index contributed by atoms with van der Waals surface area (Å²) in [6.45, 7) is 6.08. The van der Waals surface area contributed by atoms with Crippen LogP contribution in [0.3, 0.4) is 0 Å². The third-order valence-electron chi connectivity index (χ3n) is 3.49. The van der Waals surface area contributed by atoms with Crippen LogP contribution in [0.25, 0.3) is 0 Å². The van der Waals surface area contributed by atoms with Gasteiger partial charge in [0, 0.05) is 0 Å². The Hall–Kier alpha value is -2.54. The zero-order valence-electron chi connectivity index (χ0n) is 14.7. The van der Waals surface area contributed by atoms with Gasteiger partial charge >= 0.3 is 0 Å². The van der Waals surface area contributed by atoms with Crippen LogP contribution in [0.2, 0.25) is 0 Å². The van der Waals surface area contributed by atoms with E-state index >= 15 is 0 Å². The Morgan fingerprint density at radius 2 is 1.88 bits per heavy atom. The molecule has 0 aliphatic heterocycles. The first-order valence-corrected chi connectivity index (χ1v) is 9.28. The van der Waals surface area contributed by atoms with Crippen molar-refractivity contribution in [2.75, 3.05) is 13.7 Å². The Bertz CT molecular complexity index is 877. The topological polar surface area (TPSA) is 77.0 Å². The van der Waals surface area contributed by atoms with Crippen molar-refractivity contribution >= 4 is 16.2 Å². The molecule has 0 atom stereocenters. The monoisotopic (exact) mass is 362 g/mol. The summed E-state index contributed by atoms with van der Waals surface area (Å²) in [6, 6.07) is 10.4. The zero-order valence-corrected chi connectivity index (χ0v) is 15.6. The minimum Gasteiger partial charge on any atom is -0.493 e. The smallest absolute Gasteiger partial charge is 0.276 e. The van der Waals surface area contributed by atoms with Gasteiger partial charge in [0.25, 0.3) is 10.0 Å². The molecule has 0 fully saturated rings. The van der Waals surface area contributed by atoms with Gasteiger partial charge in [0.2, 0.25) is 0 Å². The van der Waals surface area contributed by atoms with Gasteiger partial charge in [0.15, 0.2) is 11.5 Å². The lowest BCUT2D eigenvalue weighted by atomic mass is 10.2. The molecule has 0 radical (unpaired) electrons. The SMILES string of the molecule is CCOc1ccc(/C=N/NS(=O)(=O)c2ccc(C)cc2C)cc1OC. The maximum atomic E-state index is 12.3. The molecule has 0 aliphatic rings. The number of hydrogen-bond acceptors (Lipinski definition) is 5. The molecule has 0 heterocycles. The number of rotatable bonds is 7. The second kappa shape index (κ2) is 8.02. The van der Waals surface area contributed by atoms with E-state index in [1.165, 1.54) is 6.21 Å². The second-order valence-electron chi connectivity index (χ2n) is 5.47. The van der Waals surface area contributed by atoms with Crippen molar-refractivity contribution in [1.82, 2.24) is 4.83 Å². The van der Waals surface area contributed by atoms with Crippen LogP contribution in [0.5, 0.6) is 11.5 Å². The lowest BCUT2D eigenvalue weighted by Gasteiger charge is -2.09. The van der Waals surface area contributed by atoms with Gasteiger partial charge < -0.3 is 9.47 Å². The Labute approximate surface area is 148 Å². The van der Waals surface area contributed by atoms with Crippen molar-refractivity contribution in [3.63, 3.8) is 0 Å². The van der Waals surface area contributed by atoms with E-state index in [2.05, 4.69) is 9.93 Å². The minimum absolute atomic E-state index is 0.208. The van der Waals surface area contributed by atoms with Crippen LogP contribution in [0, 0.1) is 13.8 Å². The molecule has 0 aromatic heterocycles. The molecule has 0 unspecified atom stereocenters. The summed E-state index contributed by atoms with van der Waals surface area (Å²) in [6.07, 6.45) is 1.42. The first kappa shape index (κ1) is 18.8. The van der Waals surface area contributed by atoms with Gasteiger partial charge in [-0.05, 0) is 56.2 Å². The van der Waals surface area contributed by atoms with Crippen molar-refractivity contribution in [3.8, 4) is 11.5 Å². The normalized spacial score (nSPS) is 11.5. The highest BCUT2D eigenvalue weighted by molar-refractivity contribution is 7.89. The summed E-state index contributed by atoms with van der Waals surface area (Å²) in [4.78, 5) is 2.44. The fraction of sp³-hybridized carbons (Fsp3) is 0.278. The van der Waals surface area contributed by atoms with Crippen LogP contribution in [-0.4, -0.2) is 28.3 Å². The number of sulfonamides is 1. The van der Waals surface area contributed by atoms with E-state index in [0.29, 0.717) is 29.2 Å². The van der Waals surface area contributed by atoms with E-state index in [9.17, 15) is 8.42 Å². The van der Waals surface area contributed by atoms with Crippen LogP contribution in [-0.2, 0) is 10.0 Å². The molecule has 0 saturated carbocycles. The Morgan fingerprint density at radius 3 is 2.52 bits per heavy atom. The molecule has 0 amide bonds. The minimum atomic E-state index is -3.71. The number of methoxy groups -OCH3 is 1. The average molecular weight is 362 g/mol. The molecule has 1 N–H and O–H groups in total. The number of hydrogen-bond donors (Lipinski definition) is 1.